The maximum absolute atomic E-state index is 4.87. The molecular formula is C16H29N3S. The summed E-state index contributed by atoms with van der Waals surface area (Å²) in [7, 11) is 0. The van der Waals surface area contributed by atoms with Crippen molar-refractivity contribution >= 4 is 11.3 Å². The van der Waals surface area contributed by atoms with E-state index in [0.29, 0.717) is 6.04 Å². The molecule has 0 bridgehead atoms. The van der Waals surface area contributed by atoms with Crippen LogP contribution in [0.1, 0.15) is 55.6 Å². The second kappa shape index (κ2) is 6.54. The Morgan fingerprint density at radius 1 is 1.30 bits per heavy atom. The Morgan fingerprint density at radius 2 is 2.05 bits per heavy atom. The van der Waals surface area contributed by atoms with Crippen molar-refractivity contribution in [3.05, 3.63) is 15.6 Å². The molecule has 0 spiro atoms. The first-order valence-corrected chi connectivity index (χ1v) is 8.74. The molecule has 114 valence electrons. The molecule has 1 N–H and O–H groups in total. The van der Waals surface area contributed by atoms with Gasteiger partial charge in [-0.05, 0) is 60.0 Å². The average Bonchev–Trinajstić information content (AvgIpc) is 2.63. The lowest BCUT2D eigenvalue weighted by atomic mass is 9.91. The molecule has 4 heteroatoms. The Kier molecular flexibility index (Phi) is 5.21. The van der Waals surface area contributed by atoms with Crippen molar-refractivity contribution in [2.75, 3.05) is 19.6 Å². The van der Waals surface area contributed by atoms with E-state index in [-0.39, 0.29) is 5.54 Å². The molecule has 1 atom stereocenters. The summed E-state index contributed by atoms with van der Waals surface area (Å²) in [6, 6.07) is 0.646. The van der Waals surface area contributed by atoms with Gasteiger partial charge in [0.25, 0.3) is 0 Å². The van der Waals surface area contributed by atoms with Crippen LogP contribution in [-0.2, 0) is 5.54 Å². The highest BCUT2D eigenvalue weighted by Crippen LogP contribution is 2.36. The number of aromatic nitrogens is 1. The summed E-state index contributed by atoms with van der Waals surface area (Å²) >= 11 is 1.89. The van der Waals surface area contributed by atoms with Gasteiger partial charge in [-0.25, -0.2) is 4.98 Å². The molecule has 2 heterocycles. The summed E-state index contributed by atoms with van der Waals surface area (Å²) in [4.78, 5) is 8.84. The van der Waals surface area contributed by atoms with E-state index in [1.165, 1.54) is 47.9 Å². The molecule has 0 aromatic carbocycles. The van der Waals surface area contributed by atoms with E-state index in [0.717, 1.165) is 6.54 Å². The summed E-state index contributed by atoms with van der Waals surface area (Å²) in [6.07, 6.45) is 3.63. The van der Waals surface area contributed by atoms with Gasteiger partial charge in [-0.3, -0.25) is 0 Å². The number of likely N-dealkylation sites (tertiary alicyclic amines) is 1. The molecule has 0 saturated carbocycles. The van der Waals surface area contributed by atoms with Crippen LogP contribution in [0.2, 0.25) is 0 Å². The standard InChI is InChI=1S/C16H29N3S/c1-6-17-16(15-18-13(4)14(5)20-15)8-7-10-19(11-9-16)12(2)3/h12,17H,6-11H2,1-5H3. The molecule has 0 aliphatic carbocycles. The van der Waals surface area contributed by atoms with E-state index >= 15 is 0 Å². The van der Waals surface area contributed by atoms with E-state index in [1.807, 2.05) is 11.3 Å². The van der Waals surface area contributed by atoms with E-state index < -0.39 is 0 Å². The molecule has 1 aliphatic heterocycles. The SMILES string of the molecule is CCNC1(c2nc(C)c(C)s2)CCCN(C(C)C)CC1. The van der Waals surface area contributed by atoms with Crippen LogP contribution in [0.4, 0.5) is 0 Å². The Morgan fingerprint density at radius 3 is 2.60 bits per heavy atom. The smallest absolute Gasteiger partial charge is 0.113 e. The quantitative estimate of drug-likeness (QED) is 0.922. The highest BCUT2D eigenvalue weighted by Gasteiger charge is 2.36. The Hall–Kier alpha value is -0.450. The zero-order chi connectivity index (χ0) is 14.8. The number of nitrogens with zero attached hydrogens (tertiary/aromatic N) is 2. The molecule has 1 fully saturated rings. The number of hydrogen-bond acceptors (Lipinski definition) is 4. The molecule has 0 radical (unpaired) electrons. The predicted octanol–water partition coefficient (Wildman–Crippen LogP) is 3.46. The molecule has 1 unspecified atom stereocenters. The first-order chi connectivity index (χ1) is 9.48. The number of rotatable bonds is 4. The summed E-state index contributed by atoms with van der Waals surface area (Å²) in [5.41, 5.74) is 1.30. The topological polar surface area (TPSA) is 28.2 Å². The van der Waals surface area contributed by atoms with Crippen molar-refractivity contribution in [1.29, 1.82) is 0 Å². The van der Waals surface area contributed by atoms with E-state index in [9.17, 15) is 0 Å². The highest BCUT2D eigenvalue weighted by molar-refractivity contribution is 7.11. The molecule has 2 rings (SSSR count). The zero-order valence-corrected chi connectivity index (χ0v) is 14.4. The summed E-state index contributed by atoms with van der Waals surface area (Å²) < 4.78 is 0. The molecule has 1 aliphatic rings. The van der Waals surface area contributed by atoms with Gasteiger partial charge in [0.15, 0.2) is 0 Å². The molecule has 3 nitrogen and oxygen atoms in total. The van der Waals surface area contributed by atoms with Crippen molar-refractivity contribution in [1.82, 2.24) is 15.2 Å². The maximum Gasteiger partial charge on any atom is 0.113 e. The number of aryl methyl sites for hydroxylation is 2. The van der Waals surface area contributed by atoms with E-state index in [1.54, 1.807) is 0 Å². The second-order valence-corrected chi connectivity index (χ2v) is 7.46. The van der Waals surface area contributed by atoms with Gasteiger partial charge in [-0.2, -0.15) is 0 Å². The van der Waals surface area contributed by atoms with Crippen molar-refractivity contribution in [3.63, 3.8) is 0 Å². The predicted molar refractivity (Wildman–Crippen MR) is 87.5 cm³/mol. The maximum atomic E-state index is 4.87. The molecule has 20 heavy (non-hydrogen) atoms. The van der Waals surface area contributed by atoms with Gasteiger partial charge >= 0.3 is 0 Å². The van der Waals surface area contributed by atoms with Crippen LogP contribution in [0.25, 0.3) is 0 Å². The third kappa shape index (κ3) is 3.23. The minimum absolute atomic E-state index is 0.0993. The lowest BCUT2D eigenvalue weighted by Gasteiger charge is -2.32. The van der Waals surface area contributed by atoms with Crippen molar-refractivity contribution in [2.45, 2.75) is 65.5 Å². The fourth-order valence-electron chi connectivity index (χ4n) is 3.15. The zero-order valence-electron chi connectivity index (χ0n) is 13.6. The normalized spacial score (nSPS) is 25.1. The van der Waals surface area contributed by atoms with Crippen LogP contribution < -0.4 is 5.32 Å². The summed E-state index contributed by atoms with van der Waals surface area (Å²) in [6.45, 7) is 14.5. The van der Waals surface area contributed by atoms with Crippen LogP contribution in [0, 0.1) is 13.8 Å². The van der Waals surface area contributed by atoms with Crippen LogP contribution in [0.5, 0.6) is 0 Å². The van der Waals surface area contributed by atoms with Gasteiger partial charge in [-0.15, -0.1) is 11.3 Å². The van der Waals surface area contributed by atoms with Gasteiger partial charge in [0.05, 0.1) is 11.2 Å². The van der Waals surface area contributed by atoms with Crippen LogP contribution in [-0.4, -0.2) is 35.6 Å². The first-order valence-electron chi connectivity index (χ1n) is 7.92. The van der Waals surface area contributed by atoms with Crippen molar-refractivity contribution in [3.8, 4) is 0 Å². The third-order valence-electron chi connectivity index (χ3n) is 4.56. The minimum atomic E-state index is 0.0993. The van der Waals surface area contributed by atoms with Gasteiger partial charge < -0.3 is 10.2 Å². The Bertz CT molecular complexity index is 421. The molecule has 1 aromatic rings. The van der Waals surface area contributed by atoms with E-state index in [2.05, 4.69) is 44.8 Å². The minimum Gasteiger partial charge on any atom is -0.306 e. The lowest BCUT2D eigenvalue weighted by molar-refractivity contribution is 0.218. The largest absolute Gasteiger partial charge is 0.306 e. The third-order valence-corrected chi connectivity index (χ3v) is 5.84. The number of thiazole rings is 1. The summed E-state index contributed by atoms with van der Waals surface area (Å²) in [5.74, 6) is 0. The van der Waals surface area contributed by atoms with Crippen LogP contribution in [0.15, 0.2) is 0 Å². The highest BCUT2D eigenvalue weighted by atomic mass is 32.1. The Balaban J connectivity index is 2.25. The van der Waals surface area contributed by atoms with Gasteiger partial charge in [0.2, 0.25) is 0 Å². The van der Waals surface area contributed by atoms with Gasteiger partial charge in [0, 0.05) is 17.5 Å². The monoisotopic (exact) mass is 295 g/mol. The fraction of sp³-hybridized carbons (Fsp3) is 0.812. The van der Waals surface area contributed by atoms with Gasteiger partial charge in [0.1, 0.15) is 5.01 Å². The molecule has 1 saturated heterocycles. The van der Waals surface area contributed by atoms with Crippen LogP contribution >= 0.6 is 11.3 Å². The molecular weight excluding hydrogens is 266 g/mol. The second-order valence-electron chi connectivity index (χ2n) is 6.26. The van der Waals surface area contributed by atoms with Crippen molar-refractivity contribution < 1.29 is 0 Å². The van der Waals surface area contributed by atoms with Crippen molar-refractivity contribution in [2.24, 2.45) is 0 Å². The van der Waals surface area contributed by atoms with E-state index in [4.69, 9.17) is 4.98 Å². The fourth-order valence-corrected chi connectivity index (χ4v) is 4.29. The Labute approximate surface area is 127 Å². The van der Waals surface area contributed by atoms with Gasteiger partial charge in [-0.1, -0.05) is 6.92 Å². The molecule has 1 aromatic heterocycles. The average molecular weight is 295 g/mol. The lowest BCUT2D eigenvalue weighted by Crippen LogP contribution is -2.43. The molecule has 0 amide bonds. The number of nitrogens with one attached hydrogen (secondary N) is 1. The number of hydrogen-bond donors (Lipinski definition) is 1. The van der Waals surface area contributed by atoms with Crippen LogP contribution in [0.3, 0.4) is 0 Å². The summed E-state index contributed by atoms with van der Waals surface area (Å²) in [5, 5.41) is 5.08. The first kappa shape index (κ1) is 15.9.